The van der Waals surface area contributed by atoms with Crippen molar-refractivity contribution in [3.8, 4) is 0 Å². The molecule has 0 atom stereocenters. The van der Waals surface area contributed by atoms with Crippen molar-refractivity contribution in [3.63, 3.8) is 0 Å². The van der Waals surface area contributed by atoms with Gasteiger partial charge in [-0.05, 0) is 43.9 Å². The Balaban J connectivity index is 1.81. The lowest BCUT2D eigenvalue weighted by Crippen LogP contribution is -2.44. The van der Waals surface area contributed by atoms with Crippen LogP contribution >= 0.6 is 15.9 Å². The normalized spacial score (nSPS) is 20.3. The van der Waals surface area contributed by atoms with Gasteiger partial charge in [-0.1, -0.05) is 22.0 Å². The summed E-state index contributed by atoms with van der Waals surface area (Å²) in [5, 5.41) is 0. The molecule has 1 amide bonds. The number of carbonyl (C=O) groups is 1. The molecule has 19 heavy (non-hydrogen) atoms. The Morgan fingerprint density at radius 1 is 1.16 bits per heavy atom. The van der Waals surface area contributed by atoms with Gasteiger partial charge in [0, 0.05) is 35.3 Å². The molecule has 1 aromatic rings. The molecule has 0 bridgehead atoms. The summed E-state index contributed by atoms with van der Waals surface area (Å²) >= 11 is 3.44. The van der Waals surface area contributed by atoms with Crippen molar-refractivity contribution in [3.05, 3.63) is 34.3 Å². The number of hydrogen-bond acceptors (Lipinski definition) is 2. The second kappa shape index (κ2) is 5.63. The number of halogens is 1. The fourth-order valence-electron chi connectivity index (χ4n) is 2.72. The third kappa shape index (κ3) is 3.00. The first-order valence-electron chi connectivity index (χ1n) is 6.91. The highest BCUT2D eigenvalue weighted by Crippen LogP contribution is 2.33. The lowest BCUT2D eigenvalue weighted by molar-refractivity contribution is 0.0267. The Kier molecular flexibility index (Phi) is 3.89. The molecule has 0 unspecified atom stereocenters. The van der Waals surface area contributed by atoms with E-state index >= 15 is 0 Å². The quantitative estimate of drug-likeness (QED) is 0.854. The van der Waals surface area contributed by atoms with Crippen LogP contribution in [0.5, 0.6) is 0 Å². The van der Waals surface area contributed by atoms with E-state index in [1.54, 1.807) is 0 Å². The highest BCUT2D eigenvalue weighted by atomic mass is 79.9. The minimum absolute atomic E-state index is 0.177. The maximum Gasteiger partial charge on any atom is 0.254 e. The Bertz CT molecular complexity index is 467. The Morgan fingerprint density at radius 3 is 2.47 bits per heavy atom. The van der Waals surface area contributed by atoms with Gasteiger partial charge in [-0.3, -0.25) is 4.79 Å². The highest BCUT2D eigenvalue weighted by Gasteiger charge is 2.38. The average Bonchev–Trinajstić information content (AvgIpc) is 3.25. The van der Waals surface area contributed by atoms with Gasteiger partial charge in [0.2, 0.25) is 0 Å². The van der Waals surface area contributed by atoms with Gasteiger partial charge in [-0.25, -0.2) is 0 Å². The highest BCUT2D eigenvalue weighted by molar-refractivity contribution is 9.10. The van der Waals surface area contributed by atoms with Crippen LogP contribution in [0.15, 0.2) is 28.7 Å². The van der Waals surface area contributed by atoms with Crippen molar-refractivity contribution >= 4 is 21.8 Å². The molecule has 1 saturated heterocycles. The zero-order chi connectivity index (χ0) is 13.2. The van der Waals surface area contributed by atoms with Crippen LogP contribution in [0.4, 0.5) is 0 Å². The molecule has 2 fully saturated rings. The molecule has 1 aromatic carbocycles. The second-order valence-corrected chi connectivity index (χ2v) is 6.21. The molecule has 0 spiro atoms. The van der Waals surface area contributed by atoms with E-state index in [9.17, 15) is 4.79 Å². The van der Waals surface area contributed by atoms with Crippen LogP contribution in [-0.4, -0.2) is 36.1 Å². The molecule has 1 aliphatic carbocycles. The van der Waals surface area contributed by atoms with Crippen LogP contribution in [0.3, 0.4) is 0 Å². The van der Waals surface area contributed by atoms with Gasteiger partial charge in [0.25, 0.3) is 5.91 Å². The van der Waals surface area contributed by atoms with E-state index in [2.05, 4.69) is 20.8 Å². The number of ether oxygens (including phenoxy) is 1. The summed E-state index contributed by atoms with van der Waals surface area (Å²) in [5.74, 6) is 0.177. The van der Waals surface area contributed by atoms with E-state index in [1.165, 1.54) is 0 Å². The minimum atomic E-state index is 0.177. The van der Waals surface area contributed by atoms with Crippen molar-refractivity contribution in [1.82, 2.24) is 4.90 Å². The number of carbonyl (C=O) groups excluding carboxylic acids is 1. The number of nitrogens with zero attached hydrogens (tertiary/aromatic N) is 1. The molecule has 4 heteroatoms. The molecule has 3 rings (SSSR count). The van der Waals surface area contributed by atoms with Crippen molar-refractivity contribution in [1.29, 1.82) is 0 Å². The number of benzene rings is 1. The largest absolute Gasteiger partial charge is 0.381 e. The molecular weight excluding hydrogens is 306 g/mol. The molecule has 1 saturated carbocycles. The van der Waals surface area contributed by atoms with Gasteiger partial charge in [0.15, 0.2) is 0 Å². The third-order valence-electron chi connectivity index (χ3n) is 3.83. The van der Waals surface area contributed by atoms with E-state index < -0.39 is 0 Å². The molecule has 0 radical (unpaired) electrons. The smallest absolute Gasteiger partial charge is 0.254 e. The van der Waals surface area contributed by atoms with E-state index in [0.717, 1.165) is 48.9 Å². The first kappa shape index (κ1) is 13.1. The first-order chi connectivity index (χ1) is 9.25. The second-order valence-electron chi connectivity index (χ2n) is 5.30. The average molecular weight is 324 g/mol. The summed E-state index contributed by atoms with van der Waals surface area (Å²) in [6.07, 6.45) is 4.24. The predicted octanol–water partition coefficient (Wildman–Crippen LogP) is 3.23. The van der Waals surface area contributed by atoms with Gasteiger partial charge in [0.05, 0.1) is 0 Å². The summed E-state index contributed by atoms with van der Waals surface area (Å²) in [7, 11) is 0. The summed E-state index contributed by atoms with van der Waals surface area (Å²) in [5.41, 5.74) is 0.785. The van der Waals surface area contributed by atoms with Crippen molar-refractivity contribution in [2.75, 3.05) is 13.2 Å². The van der Waals surface area contributed by atoms with Crippen LogP contribution in [-0.2, 0) is 4.74 Å². The molecule has 0 N–H and O–H groups in total. The maximum atomic E-state index is 12.7. The van der Waals surface area contributed by atoms with Gasteiger partial charge in [-0.2, -0.15) is 0 Å². The summed E-state index contributed by atoms with van der Waals surface area (Å²) < 4.78 is 6.37. The molecule has 102 valence electrons. The monoisotopic (exact) mass is 323 g/mol. The Hall–Kier alpha value is -0.870. The molecule has 1 heterocycles. The Labute approximate surface area is 122 Å². The standard InChI is InChI=1S/C15H18BrNO2/c16-12-3-1-2-11(10-12)15(18)17(13-4-5-13)14-6-8-19-9-7-14/h1-3,10,13-14H,4-9H2. The lowest BCUT2D eigenvalue weighted by Gasteiger charge is -2.34. The van der Waals surface area contributed by atoms with E-state index in [-0.39, 0.29) is 5.91 Å². The maximum absolute atomic E-state index is 12.7. The lowest BCUT2D eigenvalue weighted by atomic mass is 10.0. The fraction of sp³-hybridized carbons (Fsp3) is 0.533. The third-order valence-corrected chi connectivity index (χ3v) is 4.32. The molecular formula is C15H18BrNO2. The van der Waals surface area contributed by atoms with Gasteiger partial charge < -0.3 is 9.64 Å². The Morgan fingerprint density at radius 2 is 1.84 bits per heavy atom. The first-order valence-corrected chi connectivity index (χ1v) is 7.71. The zero-order valence-corrected chi connectivity index (χ0v) is 12.4. The van der Waals surface area contributed by atoms with E-state index in [1.807, 2.05) is 24.3 Å². The summed E-state index contributed by atoms with van der Waals surface area (Å²) in [4.78, 5) is 14.9. The van der Waals surface area contributed by atoms with Crippen LogP contribution in [0, 0.1) is 0 Å². The SMILES string of the molecule is O=C(c1cccc(Br)c1)N(C1CCOCC1)C1CC1. The zero-order valence-electron chi connectivity index (χ0n) is 10.8. The molecule has 3 nitrogen and oxygen atoms in total. The van der Waals surface area contributed by atoms with Gasteiger partial charge in [0.1, 0.15) is 0 Å². The summed E-state index contributed by atoms with van der Waals surface area (Å²) in [6, 6.07) is 8.50. The van der Waals surface area contributed by atoms with Crippen LogP contribution in [0.25, 0.3) is 0 Å². The molecule has 0 aromatic heterocycles. The van der Waals surface area contributed by atoms with Crippen LogP contribution < -0.4 is 0 Å². The minimum Gasteiger partial charge on any atom is -0.381 e. The number of hydrogen-bond donors (Lipinski definition) is 0. The molecule has 1 aliphatic heterocycles. The van der Waals surface area contributed by atoms with Crippen molar-refractivity contribution in [2.45, 2.75) is 37.8 Å². The number of amides is 1. The van der Waals surface area contributed by atoms with Gasteiger partial charge >= 0.3 is 0 Å². The van der Waals surface area contributed by atoms with Crippen molar-refractivity contribution in [2.24, 2.45) is 0 Å². The summed E-state index contributed by atoms with van der Waals surface area (Å²) in [6.45, 7) is 1.55. The van der Waals surface area contributed by atoms with Crippen LogP contribution in [0.1, 0.15) is 36.0 Å². The fourth-order valence-corrected chi connectivity index (χ4v) is 3.12. The number of rotatable bonds is 3. The molecule has 2 aliphatic rings. The predicted molar refractivity (Wildman–Crippen MR) is 77.2 cm³/mol. The van der Waals surface area contributed by atoms with Crippen molar-refractivity contribution < 1.29 is 9.53 Å². The van der Waals surface area contributed by atoms with E-state index in [0.29, 0.717) is 12.1 Å². The topological polar surface area (TPSA) is 29.5 Å². The van der Waals surface area contributed by atoms with Crippen LogP contribution in [0.2, 0.25) is 0 Å². The van der Waals surface area contributed by atoms with Gasteiger partial charge in [-0.15, -0.1) is 0 Å². The van der Waals surface area contributed by atoms with E-state index in [4.69, 9.17) is 4.74 Å².